The van der Waals surface area contributed by atoms with Gasteiger partial charge in [0, 0.05) is 24.1 Å². The van der Waals surface area contributed by atoms with E-state index in [2.05, 4.69) is 5.32 Å². The summed E-state index contributed by atoms with van der Waals surface area (Å²) in [6.07, 6.45) is 4.56. The zero-order valence-electron chi connectivity index (χ0n) is 9.10. The average molecular weight is 223 g/mol. The first-order chi connectivity index (χ1) is 7.68. The molecule has 3 rings (SSSR count). The Balaban J connectivity index is 1.78. The second-order valence-corrected chi connectivity index (χ2v) is 5.09. The Bertz CT molecular complexity index is 388. The third-order valence-corrected chi connectivity index (χ3v) is 3.63. The predicted octanol–water partition coefficient (Wildman–Crippen LogP) is 2.75. The predicted molar refractivity (Wildman–Crippen MR) is 58.3 cm³/mol. The second kappa shape index (κ2) is 3.52. The van der Waals surface area contributed by atoms with Crippen LogP contribution in [-0.4, -0.2) is 12.6 Å². The van der Waals surface area contributed by atoms with Gasteiger partial charge in [-0.05, 0) is 43.4 Å². The minimum absolute atomic E-state index is 0.00549. The topological polar surface area (TPSA) is 12.0 Å². The molecule has 2 aliphatic rings. The van der Waals surface area contributed by atoms with Crippen LogP contribution in [0.25, 0.3) is 0 Å². The number of nitrogens with one attached hydrogen (secondary N) is 1. The molecule has 2 saturated carbocycles. The van der Waals surface area contributed by atoms with Crippen LogP contribution in [0.2, 0.25) is 0 Å². The summed E-state index contributed by atoms with van der Waals surface area (Å²) in [4.78, 5) is 0. The molecular formula is C13H15F2N. The monoisotopic (exact) mass is 223 g/mol. The van der Waals surface area contributed by atoms with Crippen molar-refractivity contribution in [3.8, 4) is 0 Å². The normalized spacial score (nSPS) is 22.1. The van der Waals surface area contributed by atoms with Crippen LogP contribution in [-0.2, 0) is 5.41 Å². The Morgan fingerprint density at radius 1 is 1.12 bits per heavy atom. The minimum atomic E-state index is -0.465. The molecule has 0 atom stereocenters. The van der Waals surface area contributed by atoms with Crippen molar-refractivity contribution in [3.05, 3.63) is 35.4 Å². The highest BCUT2D eigenvalue weighted by atomic mass is 19.1. The highest BCUT2D eigenvalue weighted by Crippen LogP contribution is 2.48. The molecule has 0 saturated heterocycles. The highest BCUT2D eigenvalue weighted by Gasteiger charge is 2.45. The van der Waals surface area contributed by atoms with Crippen molar-refractivity contribution in [2.45, 2.75) is 37.1 Å². The molecule has 2 fully saturated rings. The number of hydrogen-bond acceptors (Lipinski definition) is 1. The molecule has 16 heavy (non-hydrogen) atoms. The fourth-order valence-electron chi connectivity index (χ4n) is 2.21. The third kappa shape index (κ3) is 1.96. The number of halogens is 2. The van der Waals surface area contributed by atoms with Crippen molar-refractivity contribution in [1.29, 1.82) is 0 Å². The van der Waals surface area contributed by atoms with E-state index in [4.69, 9.17) is 0 Å². The molecule has 1 N–H and O–H groups in total. The van der Waals surface area contributed by atoms with Gasteiger partial charge >= 0.3 is 0 Å². The molecule has 3 heteroatoms. The van der Waals surface area contributed by atoms with Gasteiger partial charge in [-0.3, -0.25) is 0 Å². The van der Waals surface area contributed by atoms with Gasteiger partial charge in [0.25, 0.3) is 0 Å². The van der Waals surface area contributed by atoms with Crippen LogP contribution >= 0.6 is 0 Å². The lowest BCUT2D eigenvalue weighted by atomic mass is 9.95. The lowest BCUT2D eigenvalue weighted by Gasteiger charge is -2.16. The van der Waals surface area contributed by atoms with Gasteiger partial charge in [0.1, 0.15) is 11.6 Å². The van der Waals surface area contributed by atoms with Gasteiger partial charge in [-0.15, -0.1) is 0 Å². The summed E-state index contributed by atoms with van der Waals surface area (Å²) in [5.74, 6) is -0.930. The summed E-state index contributed by atoms with van der Waals surface area (Å²) in [6, 6.07) is 4.54. The van der Waals surface area contributed by atoms with Crippen molar-refractivity contribution in [2.75, 3.05) is 6.54 Å². The summed E-state index contributed by atoms with van der Waals surface area (Å²) < 4.78 is 26.3. The second-order valence-electron chi connectivity index (χ2n) is 5.09. The maximum atomic E-state index is 13.1. The first kappa shape index (κ1) is 10.2. The molecule has 1 nitrogen and oxygen atoms in total. The van der Waals surface area contributed by atoms with Crippen LogP contribution in [0.15, 0.2) is 18.2 Å². The van der Waals surface area contributed by atoms with Gasteiger partial charge in [-0.2, -0.15) is 0 Å². The molecular weight excluding hydrogens is 208 g/mol. The molecule has 0 spiro atoms. The summed E-state index contributed by atoms with van der Waals surface area (Å²) >= 11 is 0. The van der Waals surface area contributed by atoms with Crippen molar-refractivity contribution < 1.29 is 8.78 Å². The molecule has 0 aliphatic heterocycles. The molecule has 2 aliphatic carbocycles. The molecule has 0 unspecified atom stereocenters. The Hall–Kier alpha value is -0.960. The van der Waals surface area contributed by atoms with Gasteiger partial charge in [0.05, 0.1) is 0 Å². The van der Waals surface area contributed by atoms with Crippen LogP contribution in [0.4, 0.5) is 8.78 Å². The van der Waals surface area contributed by atoms with E-state index in [9.17, 15) is 8.78 Å². The summed E-state index contributed by atoms with van der Waals surface area (Å²) in [6.45, 7) is 0.862. The van der Waals surface area contributed by atoms with Gasteiger partial charge < -0.3 is 5.32 Å². The first-order valence-electron chi connectivity index (χ1n) is 5.88. The molecule has 0 amide bonds. The zero-order chi connectivity index (χ0) is 11.2. The Morgan fingerprint density at radius 3 is 2.25 bits per heavy atom. The summed E-state index contributed by atoms with van der Waals surface area (Å²) in [7, 11) is 0. The van der Waals surface area contributed by atoms with Crippen LogP contribution in [0.1, 0.15) is 31.2 Å². The van der Waals surface area contributed by atoms with Gasteiger partial charge in [-0.1, -0.05) is 0 Å². The zero-order valence-corrected chi connectivity index (χ0v) is 9.10. The van der Waals surface area contributed by atoms with E-state index in [1.165, 1.54) is 25.0 Å². The quantitative estimate of drug-likeness (QED) is 0.827. The van der Waals surface area contributed by atoms with Crippen LogP contribution in [0.5, 0.6) is 0 Å². The molecule has 1 aromatic rings. The van der Waals surface area contributed by atoms with E-state index >= 15 is 0 Å². The van der Waals surface area contributed by atoms with E-state index in [1.54, 1.807) is 0 Å². The fourth-order valence-corrected chi connectivity index (χ4v) is 2.21. The van der Waals surface area contributed by atoms with E-state index in [0.29, 0.717) is 6.04 Å². The molecule has 86 valence electrons. The number of rotatable bonds is 4. The van der Waals surface area contributed by atoms with Gasteiger partial charge in [-0.25, -0.2) is 8.78 Å². The smallest absolute Gasteiger partial charge is 0.126 e. The van der Waals surface area contributed by atoms with Gasteiger partial charge in [0.2, 0.25) is 0 Å². The van der Waals surface area contributed by atoms with E-state index in [1.807, 2.05) is 0 Å². The van der Waals surface area contributed by atoms with Crippen molar-refractivity contribution in [2.24, 2.45) is 0 Å². The summed E-state index contributed by atoms with van der Waals surface area (Å²) in [5, 5.41) is 3.45. The molecule has 0 heterocycles. The number of benzene rings is 1. The van der Waals surface area contributed by atoms with Crippen LogP contribution in [0.3, 0.4) is 0 Å². The lowest BCUT2D eigenvalue weighted by Crippen LogP contribution is -2.28. The van der Waals surface area contributed by atoms with E-state index in [-0.39, 0.29) is 5.41 Å². The largest absolute Gasteiger partial charge is 0.313 e. The Morgan fingerprint density at radius 2 is 1.75 bits per heavy atom. The average Bonchev–Trinajstić information content (AvgIpc) is 3.11. The van der Waals surface area contributed by atoms with Crippen LogP contribution in [0, 0.1) is 11.6 Å². The lowest BCUT2D eigenvalue weighted by molar-refractivity contribution is 0.546. The maximum absolute atomic E-state index is 13.1. The molecule has 0 aromatic heterocycles. The Kier molecular flexibility index (Phi) is 2.25. The maximum Gasteiger partial charge on any atom is 0.126 e. The first-order valence-corrected chi connectivity index (χ1v) is 5.88. The van der Waals surface area contributed by atoms with Crippen LogP contribution < -0.4 is 5.32 Å². The van der Waals surface area contributed by atoms with E-state index in [0.717, 1.165) is 31.0 Å². The Labute approximate surface area is 93.9 Å². The van der Waals surface area contributed by atoms with Crippen molar-refractivity contribution in [1.82, 2.24) is 5.32 Å². The minimum Gasteiger partial charge on any atom is -0.313 e. The van der Waals surface area contributed by atoms with Crippen molar-refractivity contribution >= 4 is 0 Å². The molecule has 1 aromatic carbocycles. The summed E-state index contributed by atoms with van der Waals surface area (Å²) in [5.41, 5.74) is 0.823. The van der Waals surface area contributed by atoms with E-state index < -0.39 is 11.6 Å². The van der Waals surface area contributed by atoms with Gasteiger partial charge in [0.15, 0.2) is 0 Å². The van der Waals surface area contributed by atoms with Crippen molar-refractivity contribution in [3.63, 3.8) is 0 Å². The highest BCUT2D eigenvalue weighted by molar-refractivity contribution is 5.33. The SMILES string of the molecule is Fc1cc(F)cc(C2(CNC3CC3)CC2)c1. The third-order valence-electron chi connectivity index (χ3n) is 3.63. The fraction of sp³-hybridized carbons (Fsp3) is 0.538. The molecule has 0 bridgehead atoms. The molecule has 0 radical (unpaired) electrons. The number of hydrogen-bond donors (Lipinski definition) is 1. The standard InChI is InChI=1S/C13H15F2N/c14-10-5-9(6-11(15)7-10)13(3-4-13)8-16-12-1-2-12/h5-7,12,16H,1-4,8H2.